The summed E-state index contributed by atoms with van der Waals surface area (Å²) in [6.45, 7) is 3.97. The van der Waals surface area contributed by atoms with Gasteiger partial charge in [-0.15, -0.1) is 0 Å². The first kappa shape index (κ1) is 21.1. The molecule has 1 aliphatic heterocycles. The predicted molar refractivity (Wildman–Crippen MR) is 123 cm³/mol. The highest BCUT2D eigenvalue weighted by molar-refractivity contribution is 5.72. The van der Waals surface area contributed by atoms with Crippen molar-refractivity contribution in [1.29, 1.82) is 0 Å². The maximum Gasteiger partial charge on any atom is 0.217 e. The number of ether oxygens (including phenoxy) is 1. The number of hydrogen-bond donors (Lipinski definition) is 1. The lowest BCUT2D eigenvalue weighted by Crippen LogP contribution is -2.23. The average Bonchev–Trinajstić information content (AvgIpc) is 3.26. The van der Waals surface area contributed by atoms with Gasteiger partial charge < -0.3 is 10.1 Å². The third-order valence-electron chi connectivity index (χ3n) is 5.84. The molecule has 0 unspecified atom stereocenters. The number of carbonyl (C=O) groups is 1. The van der Waals surface area contributed by atoms with Crippen molar-refractivity contribution in [3.63, 3.8) is 0 Å². The second-order valence-electron chi connectivity index (χ2n) is 8.02. The fourth-order valence-electron chi connectivity index (χ4n) is 4.36. The highest BCUT2D eigenvalue weighted by Gasteiger charge is 2.26. The second-order valence-corrected chi connectivity index (χ2v) is 8.02. The summed E-state index contributed by atoms with van der Waals surface area (Å²) in [7, 11) is 1.71. The minimum Gasteiger partial charge on any atom is -0.496 e. The van der Waals surface area contributed by atoms with Crippen molar-refractivity contribution in [2.24, 2.45) is 0 Å². The van der Waals surface area contributed by atoms with Crippen LogP contribution in [0.25, 0.3) is 11.1 Å². The molecule has 1 atom stereocenters. The molecule has 2 aromatic carbocycles. The predicted octanol–water partition coefficient (Wildman–Crippen LogP) is 4.73. The molecule has 1 amide bonds. The van der Waals surface area contributed by atoms with Crippen LogP contribution in [0.3, 0.4) is 0 Å². The fourth-order valence-corrected chi connectivity index (χ4v) is 4.36. The number of pyridine rings is 1. The van der Waals surface area contributed by atoms with E-state index < -0.39 is 0 Å². The summed E-state index contributed by atoms with van der Waals surface area (Å²) in [5.74, 6) is 0.854. The second kappa shape index (κ2) is 9.75. The van der Waals surface area contributed by atoms with E-state index in [0.717, 1.165) is 36.5 Å². The number of nitrogens with one attached hydrogen (secondary N) is 1. The van der Waals surface area contributed by atoms with E-state index in [4.69, 9.17) is 4.74 Å². The fraction of sp³-hybridized carbons (Fsp3) is 0.308. The Hall–Kier alpha value is -3.18. The topological polar surface area (TPSA) is 54.5 Å². The Balaban J connectivity index is 1.52. The Bertz CT molecular complexity index is 1050. The van der Waals surface area contributed by atoms with Crippen LogP contribution in [-0.4, -0.2) is 29.4 Å². The Morgan fingerprint density at radius 3 is 2.87 bits per heavy atom. The van der Waals surface area contributed by atoms with Gasteiger partial charge in [0.15, 0.2) is 0 Å². The molecular weight excluding hydrogens is 386 g/mol. The summed E-state index contributed by atoms with van der Waals surface area (Å²) in [6, 6.07) is 21.5. The summed E-state index contributed by atoms with van der Waals surface area (Å²) in [5, 5.41) is 2.84. The van der Waals surface area contributed by atoms with Crippen molar-refractivity contribution in [3.05, 3.63) is 83.7 Å². The number of methoxy groups -OCH3 is 1. The maximum atomic E-state index is 11.2. The molecule has 0 spiro atoms. The molecule has 1 saturated heterocycles. The van der Waals surface area contributed by atoms with Crippen LogP contribution in [0.2, 0.25) is 0 Å². The van der Waals surface area contributed by atoms with Crippen molar-refractivity contribution < 1.29 is 9.53 Å². The van der Waals surface area contributed by atoms with Gasteiger partial charge in [-0.1, -0.05) is 36.4 Å². The first-order valence-corrected chi connectivity index (χ1v) is 10.8. The van der Waals surface area contributed by atoms with Crippen LogP contribution in [0.4, 0.5) is 0 Å². The van der Waals surface area contributed by atoms with Crippen LogP contribution in [-0.2, 0) is 17.9 Å². The molecule has 4 rings (SSSR count). The SMILES string of the molecule is COc1ccccc1-c1cccc(CN2CCC[C@H]2c2ccnc(CNC(C)=O)c2)c1. The van der Waals surface area contributed by atoms with Crippen molar-refractivity contribution >= 4 is 5.91 Å². The van der Waals surface area contributed by atoms with Crippen LogP contribution in [0.5, 0.6) is 5.75 Å². The molecule has 0 radical (unpaired) electrons. The quantitative estimate of drug-likeness (QED) is 0.606. The normalized spacial score (nSPS) is 16.3. The first-order chi connectivity index (χ1) is 15.1. The zero-order valence-corrected chi connectivity index (χ0v) is 18.2. The number of hydrogen-bond acceptors (Lipinski definition) is 4. The van der Waals surface area contributed by atoms with Crippen molar-refractivity contribution in [3.8, 4) is 16.9 Å². The highest BCUT2D eigenvalue weighted by atomic mass is 16.5. The number of rotatable bonds is 7. The standard InChI is InChI=1S/C26H29N3O2/c1-19(30)28-17-23-16-22(12-13-27-23)25-10-6-14-29(25)18-20-7-5-8-21(15-20)24-9-3-4-11-26(24)31-2/h3-5,7-9,11-13,15-16,25H,6,10,14,17-18H2,1-2H3,(H,28,30)/t25-/m0/s1. The van der Waals surface area contributed by atoms with E-state index in [1.807, 2.05) is 24.4 Å². The van der Waals surface area contributed by atoms with Gasteiger partial charge in [-0.25, -0.2) is 0 Å². The van der Waals surface area contributed by atoms with Crippen LogP contribution in [0, 0.1) is 0 Å². The summed E-state index contributed by atoms with van der Waals surface area (Å²) in [4.78, 5) is 18.2. The Morgan fingerprint density at radius 2 is 2.03 bits per heavy atom. The van der Waals surface area contributed by atoms with E-state index in [-0.39, 0.29) is 5.91 Å². The average molecular weight is 416 g/mol. The van der Waals surface area contributed by atoms with Crippen molar-refractivity contribution in [2.45, 2.75) is 38.9 Å². The molecule has 31 heavy (non-hydrogen) atoms. The van der Waals surface area contributed by atoms with Crippen LogP contribution in [0.1, 0.15) is 42.6 Å². The van der Waals surface area contributed by atoms with Gasteiger partial charge in [0, 0.05) is 31.3 Å². The lowest BCUT2D eigenvalue weighted by molar-refractivity contribution is -0.119. The smallest absolute Gasteiger partial charge is 0.217 e. The number of nitrogens with zero attached hydrogens (tertiary/aromatic N) is 2. The number of aromatic nitrogens is 1. The van der Waals surface area contributed by atoms with E-state index in [1.54, 1.807) is 7.11 Å². The Labute approximate surface area is 184 Å². The third kappa shape index (κ3) is 5.12. The molecule has 5 nitrogen and oxygen atoms in total. The van der Waals surface area contributed by atoms with Crippen molar-refractivity contribution in [1.82, 2.24) is 15.2 Å². The number of carbonyl (C=O) groups excluding carboxylic acids is 1. The van der Waals surface area contributed by atoms with Gasteiger partial charge in [0.25, 0.3) is 0 Å². The molecule has 1 N–H and O–H groups in total. The van der Waals surface area contributed by atoms with Gasteiger partial charge in [-0.2, -0.15) is 0 Å². The van der Waals surface area contributed by atoms with Gasteiger partial charge in [-0.05, 0) is 60.3 Å². The van der Waals surface area contributed by atoms with E-state index in [2.05, 4.69) is 57.7 Å². The molecule has 0 saturated carbocycles. The molecule has 160 valence electrons. The molecule has 3 aromatic rings. The van der Waals surface area contributed by atoms with Gasteiger partial charge in [-0.3, -0.25) is 14.7 Å². The minimum atomic E-state index is -0.0374. The van der Waals surface area contributed by atoms with Crippen LogP contribution in [0.15, 0.2) is 66.9 Å². The summed E-state index contributed by atoms with van der Waals surface area (Å²) in [6.07, 6.45) is 4.17. The van der Waals surface area contributed by atoms with E-state index in [1.165, 1.54) is 30.0 Å². The van der Waals surface area contributed by atoms with E-state index in [9.17, 15) is 4.79 Å². The Morgan fingerprint density at radius 1 is 1.16 bits per heavy atom. The monoisotopic (exact) mass is 415 g/mol. The maximum absolute atomic E-state index is 11.2. The van der Waals surface area contributed by atoms with Gasteiger partial charge in [0.2, 0.25) is 5.91 Å². The molecular formula is C26H29N3O2. The number of likely N-dealkylation sites (tertiary alicyclic amines) is 1. The van der Waals surface area contributed by atoms with E-state index >= 15 is 0 Å². The minimum absolute atomic E-state index is 0.0374. The highest BCUT2D eigenvalue weighted by Crippen LogP contribution is 2.35. The molecule has 1 aromatic heterocycles. The molecule has 1 aliphatic rings. The summed E-state index contributed by atoms with van der Waals surface area (Å²) < 4.78 is 5.55. The molecule has 1 fully saturated rings. The van der Waals surface area contributed by atoms with Gasteiger partial charge >= 0.3 is 0 Å². The third-order valence-corrected chi connectivity index (χ3v) is 5.84. The van der Waals surface area contributed by atoms with E-state index in [0.29, 0.717) is 12.6 Å². The molecule has 5 heteroatoms. The lowest BCUT2D eigenvalue weighted by atomic mass is 10.0. The van der Waals surface area contributed by atoms with Gasteiger partial charge in [0.1, 0.15) is 5.75 Å². The first-order valence-electron chi connectivity index (χ1n) is 10.8. The van der Waals surface area contributed by atoms with Gasteiger partial charge in [0.05, 0.1) is 19.3 Å². The van der Waals surface area contributed by atoms with Crippen LogP contribution < -0.4 is 10.1 Å². The molecule has 0 bridgehead atoms. The van der Waals surface area contributed by atoms with Crippen molar-refractivity contribution in [2.75, 3.05) is 13.7 Å². The number of amides is 1. The summed E-state index contributed by atoms with van der Waals surface area (Å²) >= 11 is 0. The zero-order chi connectivity index (χ0) is 21.6. The number of benzene rings is 2. The zero-order valence-electron chi connectivity index (χ0n) is 18.2. The molecule has 0 aliphatic carbocycles. The number of para-hydroxylation sites is 1. The Kier molecular flexibility index (Phi) is 6.63. The summed E-state index contributed by atoms with van der Waals surface area (Å²) in [5.41, 5.74) is 5.75. The molecule has 2 heterocycles. The lowest BCUT2D eigenvalue weighted by Gasteiger charge is -2.25. The van der Waals surface area contributed by atoms with Crippen LogP contribution >= 0.6 is 0 Å². The largest absolute Gasteiger partial charge is 0.496 e.